The molecule has 25 heavy (non-hydrogen) atoms. The van der Waals surface area contributed by atoms with Crippen LogP contribution in [0.1, 0.15) is 38.8 Å². The van der Waals surface area contributed by atoms with E-state index in [9.17, 15) is 0 Å². The number of halogens is 1. The van der Waals surface area contributed by atoms with E-state index in [1.54, 1.807) is 0 Å². The Bertz CT molecular complexity index is 757. The molecule has 0 atom stereocenters. The molecule has 1 saturated heterocycles. The van der Waals surface area contributed by atoms with Crippen LogP contribution in [-0.2, 0) is 15.9 Å². The van der Waals surface area contributed by atoms with Crippen molar-refractivity contribution in [2.24, 2.45) is 0 Å². The molecule has 3 nitrogen and oxygen atoms in total. The Balaban J connectivity index is 1.77. The minimum atomic E-state index is -0.365. The third-order valence-electron chi connectivity index (χ3n) is 5.05. The predicted octanol–water partition coefficient (Wildman–Crippen LogP) is 4.53. The van der Waals surface area contributed by atoms with Gasteiger partial charge in [-0.15, -0.1) is 0 Å². The molecule has 1 aliphatic heterocycles. The Labute approximate surface area is 155 Å². The Kier molecular flexibility index (Phi) is 4.89. The molecule has 1 heterocycles. The topological polar surface area (TPSA) is 27.7 Å². The van der Waals surface area contributed by atoms with E-state index in [-0.39, 0.29) is 18.3 Å². The standard InChI is InChI=1S/C20H24BClO3/c1-14-9-10-15(13-23-17-8-6-7-16(22)12-17)11-18(14)21-24-19(2,3)20(4,5)25-21/h6-12H,13H2,1-5H3. The van der Waals surface area contributed by atoms with E-state index < -0.39 is 0 Å². The molecule has 0 spiro atoms. The summed E-state index contributed by atoms with van der Waals surface area (Å²) in [4.78, 5) is 0. The van der Waals surface area contributed by atoms with E-state index in [4.69, 9.17) is 25.6 Å². The fourth-order valence-electron chi connectivity index (χ4n) is 2.73. The van der Waals surface area contributed by atoms with Crippen molar-refractivity contribution in [3.8, 4) is 5.75 Å². The first-order chi connectivity index (χ1) is 11.7. The van der Waals surface area contributed by atoms with Gasteiger partial charge in [-0.1, -0.05) is 41.4 Å². The highest BCUT2D eigenvalue weighted by atomic mass is 35.5. The van der Waals surface area contributed by atoms with Gasteiger partial charge in [0.25, 0.3) is 0 Å². The molecule has 2 aromatic rings. The van der Waals surface area contributed by atoms with E-state index in [2.05, 4.69) is 52.8 Å². The van der Waals surface area contributed by atoms with Gasteiger partial charge < -0.3 is 14.0 Å². The first kappa shape index (κ1) is 18.3. The van der Waals surface area contributed by atoms with Crippen LogP contribution in [0, 0.1) is 6.92 Å². The molecule has 0 amide bonds. The number of ether oxygens (including phenoxy) is 1. The minimum Gasteiger partial charge on any atom is -0.489 e. The fraction of sp³-hybridized carbons (Fsp3) is 0.400. The maximum atomic E-state index is 6.18. The summed E-state index contributed by atoms with van der Waals surface area (Å²) in [5.74, 6) is 0.755. The first-order valence-electron chi connectivity index (χ1n) is 8.51. The molecule has 132 valence electrons. The Morgan fingerprint density at radius 1 is 1.00 bits per heavy atom. The van der Waals surface area contributed by atoms with E-state index in [0.717, 1.165) is 22.3 Å². The number of benzene rings is 2. The Morgan fingerprint density at radius 3 is 2.32 bits per heavy atom. The second-order valence-corrected chi connectivity index (χ2v) is 7.96. The molecular formula is C20H24BClO3. The van der Waals surface area contributed by atoms with Crippen molar-refractivity contribution in [3.05, 3.63) is 58.6 Å². The number of hydrogen-bond donors (Lipinski definition) is 0. The lowest BCUT2D eigenvalue weighted by atomic mass is 9.75. The molecule has 1 fully saturated rings. The summed E-state index contributed by atoms with van der Waals surface area (Å²) in [6, 6.07) is 13.7. The van der Waals surface area contributed by atoms with Crippen molar-refractivity contribution in [3.63, 3.8) is 0 Å². The first-order valence-corrected chi connectivity index (χ1v) is 8.89. The van der Waals surface area contributed by atoms with Crippen LogP contribution < -0.4 is 10.2 Å². The van der Waals surface area contributed by atoms with Gasteiger partial charge in [-0.2, -0.15) is 0 Å². The molecule has 5 heteroatoms. The maximum Gasteiger partial charge on any atom is 0.495 e. The summed E-state index contributed by atoms with van der Waals surface area (Å²) in [5, 5.41) is 0.666. The van der Waals surface area contributed by atoms with Crippen LogP contribution in [0.4, 0.5) is 0 Å². The van der Waals surface area contributed by atoms with Gasteiger partial charge in [0.15, 0.2) is 0 Å². The highest BCUT2D eigenvalue weighted by Gasteiger charge is 2.52. The van der Waals surface area contributed by atoms with Crippen LogP contribution in [0.5, 0.6) is 5.75 Å². The largest absolute Gasteiger partial charge is 0.495 e. The third kappa shape index (κ3) is 3.86. The molecule has 0 radical (unpaired) electrons. The average molecular weight is 359 g/mol. The van der Waals surface area contributed by atoms with Crippen molar-refractivity contribution < 1.29 is 14.0 Å². The van der Waals surface area contributed by atoms with Gasteiger partial charge in [0.05, 0.1) is 11.2 Å². The monoisotopic (exact) mass is 358 g/mol. The molecule has 0 aliphatic carbocycles. The van der Waals surface area contributed by atoms with Gasteiger partial charge in [-0.3, -0.25) is 0 Å². The molecule has 3 rings (SSSR count). The van der Waals surface area contributed by atoms with Crippen molar-refractivity contribution in [1.29, 1.82) is 0 Å². The summed E-state index contributed by atoms with van der Waals surface area (Å²) in [7, 11) is -0.365. The molecule has 0 saturated carbocycles. The summed E-state index contributed by atoms with van der Waals surface area (Å²) in [6.07, 6.45) is 0. The molecule has 1 aliphatic rings. The van der Waals surface area contributed by atoms with Gasteiger partial charge in [0, 0.05) is 5.02 Å². The zero-order chi connectivity index (χ0) is 18.2. The van der Waals surface area contributed by atoms with Crippen LogP contribution in [-0.4, -0.2) is 18.3 Å². The predicted molar refractivity (Wildman–Crippen MR) is 103 cm³/mol. The molecule has 0 unspecified atom stereocenters. The lowest BCUT2D eigenvalue weighted by Crippen LogP contribution is -2.41. The highest BCUT2D eigenvalue weighted by Crippen LogP contribution is 2.36. The fourth-order valence-corrected chi connectivity index (χ4v) is 2.91. The van der Waals surface area contributed by atoms with Crippen molar-refractivity contribution in [2.75, 3.05) is 0 Å². The summed E-state index contributed by atoms with van der Waals surface area (Å²) in [5.41, 5.74) is 2.56. The zero-order valence-corrected chi connectivity index (χ0v) is 16.2. The van der Waals surface area contributed by atoms with E-state index in [1.165, 1.54) is 0 Å². The normalized spacial score (nSPS) is 18.4. The third-order valence-corrected chi connectivity index (χ3v) is 5.29. The molecule has 2 aromatic carbocycles. The minimum absolute atomic E-state index is 0.350. The van der Waals surface area contributed by atoms with Gasteiger partial charge in [0.1, 0.15) is 12.4 Å². The van der Waals surface area contributed by atoms with Crippen molar-refractivity contribution in [1.82, 2.24) is 0 Å². The Hall–Kier alpha value is -1.49. The second-order valence-electron chi connectivity index (χ2n) is 7.53. The summed E-state index contributed by atoms with van der Waals surface area (Å²) < 4.78 is 18.2. The van der Waals surface area contributed by atoms with Gasteiger partial charge in [-0.25, -0.2) is 0 Å². The Morgan fingerprint density at radius 2 is 1.68 bits per heavy atom. The summed E-state index contributed by atoms with van der Waals surface area (Å²) >= 11 is 6.00. The van der Waals surface area contributed by atoms with E-state index in [1.807, 2.05) is 24.3 Å². The zero-order valence-electron chi connectivity index (χ0n) is 15.4. The van der Waals surface area contributed by atoms with Gasteiger partial charge in [0.2, 0.25) is 0 Å². The van der Waals surface area contributed by atoms with Crippen molar-refractivity contribution in [2.45, 2.75) is 52.4 Å². The average Bonchev–Trinajstić information content (AvgIpc) is 2.74. The SMILES string of the molecule is Cc1ccc(COc2cccc(Cl)c2)cc1B1OC(C)(C)C(C)(C)O1. The van der Waals surface area contributed by atoms with Crippen LogP contribution in [0.3, 0.4) is 0 Å². The van der Waals surface area contributed by atoms with Gasteiger partial charge in [-0.05, 0) is 63.8 Å². The molecular weight excluding hydrogens is 334 g/mol. The summed E-state index contributed by atoms with van der Waals surface area (Å²) in [6.45, 7) is 10.8. The molecule has 0 bridgehead atoms. The van der Waals surface area contributed by atoms with Crippen LogP contribution in [0.25, 0.3) is 0 Å². The number of rotatable bonds is 4. The number of hydrogen-bond acceptors (Lipinski definition) is 3. The molecule has 0 N–H and O–H groups in total. The van der Waals surface area contributed by atoms with Crippen LogP contribution in [0.15, 0.2) is 42.5 Å². The number of aryl methyl sites for hydroxylation is 1. The van der Waals surface area contributed by atoms with Crippen LogP contribution >= 0.6 is 11.6 Å². The lowest BCUT2D eigenvalue weighted by molar-refractivity contribution is 0.00578. The molecule has 0 aromatic heterocycles. The lowest BCUT2D eigenvalue weighted by Gasteiger charge is -2.32. The highest BCUT2D eigenvalue weighted by molar-refractivity contribution is 6.62. The van der Waals surface area contributed by atoms with E-state index >= 15 is 0 Å². The second kappa shape index (κ2) is 6.67. The van der Waals surface area contributed by atoms with Gasteiger partial charge >= 0.3 is 7.12 Å². The van der Waals surface area contributed by atoms with Crippen molar-refractivity contribution >= 4 is 24.2 Å². The quantitative estimate of drug-likeness (QED) is 0.752. The van der Waals surface area contributed by atoms with E-state index in [0.29, 0.717) is 11.6 Å². The maximum absolute atomic E-state index is 6.18. The smallest absolute Gasteiger partial charge is 0.489 e. The van der Waals surface area contributed by atoms with Crippen LogP contribution in [0.2, 0.25) is 5.02 Å².